The van der Waals surface area contributed by atoms with Gasteiger partial charge in [0.05, 0.1) is 13.3 Å². The average molecular weight is 366 g/mol. The predicted octanol–water partition coefficient (Wildman–Crippen LogP) is 5.12. The largest absolute Gasteiger partial charge is 0.493 e. The van der Waals surface area contributed by atoms with E-state index in [2.05, 4.69) is 11.7 Å². The van der Waals surface area contributed by atoms with Crippen molar-refractivity contribution in [3.63, 3.8) is 0 Å². The van der Waals surface area contributed by atoms with Crippen molar-refractivity contribution < 1.29 is 14.7 Å². The summed E-state index contributed by atoms with van der Waals surface area (Å²) < 4.78 is 11.3. The Morgan fingerprint density at radius 3 is 2.62 bits per heavy atom. The van der Waals surface area contributed by atoms with Gasteiger partial charge in [-0.2, -0.15) is 0 Å². The van der Waals surface area contributed by atoms with Crippen LogP contribution in [0.2, 0.25) is 10.0 Å². The topological polar surface area (TPSA) is 51.1 Å². The molecule has 0 amide bonds. The van der Waals surface area contributed by atoms with E-state index < -0.39 is 0 Å². The van der Waals surface area contributed by atoms with E-state index in [0.29, 0.717) is 33.5 Å². The van der Waals surface area contributed by atoms with Crippen LogP contribution in [0.3, 0.4) is 0 Å². The number of oxime groups is 1. The van der Waals surface area contributed by atoms with E-state index in [1.165, 1.54) is 6.21 Å². The van der Waals surface area contributed by atoms with Gasteiger partial charge in [0.2, 0.25) is 0 Å². The van der Waals surface area contributed by atoms with Gasteiger partial charge in [-0.05, 0) is 30.7 Å². The Kier molecular flexibility index (Phi) is 6.53. The zero-order valence-electron chi connectivity index (χ0n) is 13.1. The summed E-state index contributed by atoms with van der Waals surface area (Å²) in [6.07, 6.45) is 3.67. The van der Waals surface area contributed by atoms with E-state index in [1.807, 2.05) is 12.1 Å². The molecular formula is C18H17Cl2NO3. The van der Waals surface area contributed by atoms with Crippen molar-refractivity contribution >= 4 is 29.4 Å². The second kappa shape index (κ2) is 8.62. The zero-order valence-corrected chi connectivity index (χ0v) is 14.6. The maximum absolute atomic E-state index is 8.73. The SMILES string of the molecule is C=CCc1cc(/C=N\O)cc(OC)c1OCc1ccc(Cl)cc1Cl. The number of nitrogens with zero attached hydrogens (tertiary/aromatic N) is 1. The molecule has 0 atom stereocenters. The normalized spacial score (nSPS) is 10.8. The zero-order chi connectivity index (χ0) is 17.5. The lowest BCUT2D eigenvalue weighted by Gasteiger charge is -2.16. The van der Waals surface area contributed by atoms with Crippen molar-refractivity contribution in [1.29, 1.82) is 0 Å². The Morgan fingerprint density at radius 2 is 2.00 bits per heavy atom. The number of allylic oxidation sites excluding steroid dienone is 1. The van der Waals surface area contributed by atoms with E-state index in [-0.39, 0.29) is 6.61 Å². The summed E-state index contributed by atoms with van der Waals surface area (Å²) in [6, 6.07) is 8.82. The Morgan fingerprint density at radius 1 is 1.21 bits per heavy atom. The average Bonchev–Trinajstić information content (AvgIpc) is 2.55. The van der Waals surface area contributed by atoms with Gasteiger partial charge in [-0.25, -0.2) is 0 Å². The first-order valence-electron chi connectivity index (χ1n) is 7.15. The third-order valence-electron chi connectivity index (χ3n) is 3.33. The predicted molar refractivity (Wildman–Crippen MR) is 97.1 cm³/mol. The number of halogens is 2. The molecule has 0 unspecified atom stereocenters. The number of methoxy groups -OCH3 is 1. The molecule has 0 saturated heterocycles. The minimum atomic E-state index is 0.268. The third-order valence-corrected chi connectivity index (χ3v) is 3.92. The fourth-order valence-electron chi connectivity index (χ4n) is 2.24. The number of rotatable bonds is 7. The van der Waals surface area contributed by atoms with Crippen LogP contribution < -0.4 is 9.47 Å². The summed E-state index contributed by atoms with van der Waals surface area (Å²) in [5.74, 6) is 1.13. The van der Waals surface area contributed by atoms with Crippen LogP contribution in [0.15, 0.2) is 48.1 Å². The first-order valence-corrected chi connectivity index (χ1v) is 7.90. The van der Waals surface area contributed by atoms with Crippen LogP contribution >= 0.6 is 23.2 Å². The van der Waals surface area contributed by atoms with Gasteiger partial charge in [0.15, 0.2) is 11.5 Å². The van der Waals surface area contributed by atoms with Crippen LogP contribution in [0.5, 0.6) is 11.5 Å². The van der Waals surface area contributed by atoms with Gasteiger partial charge < -0.3 is 14.7 Å². The molecule has 2 aromatic rings. The highest BCUT2D eigenvalue weighted by Crippen LogP contribution is 2.34. The minimum absolute atomic E-state index is 0.268. The highest BCUT2D eigenvalue weighted by molar-refractivity contribution is 6.35. The molecule has 0 aliphatic rings. The van der Waals surface area contributed by atoms with Crippen molar-refractivity contribution in [2.24, 2.45) is 5.16 Å². The van der Waals surface area contributed by atoms with Crippen LogP contribution in [-0.2, 0) is 13.0 Å². The summed E-state index contributed by atoms with van der Waals surface area (Å²) in [5, 5.41) is 12.9. The molecule has 0 spiro atoms. The van der Waals surface area contributed by atoms with Gasteiger partial charge in [-0.3, -0.25) is 0 Å². The van der Waals surface area contributed by atoms with Gasteiger partial charge in [-0.1, -0.05) is 40.5 Å². The van der Waals surface area contributed by atoms with Crippen LogP contribution in [0.25, 0.3) is 0 Å². The second-order valence-electron chi connectivity index (χ2n) is 4.97. The fraction of sp³-hybridized carbons (Fsp3) is 0.167. The number of ether oxygens (including phenoxy) is 2. The highest BCUT2D eigenvalue weighted by Gasteiger charge is 2.13. The van der Waals surface area contributed by atoms with Crippen molar-refractivity contribution in [2.75, 3.05) is 7.11 Å². The molecule has 2 aromatic carbocycles. The fourth-order valence-corrected chi connectivity index (χ4v) is 2.70. The number of hydrogen-bond acceptors (Lipinski definition) is 4. The standard InChI is InChI=1S/C18H17Cl2NO3/c1-3-4-13-7-12(10-21-22)8-17(23-2)18(13)24-11-14-5-6-15(19)9-16(14)20/h3,5-10,22H,1,4,11H2,2H3/b21-10-. The highest BCUT2D eigenvalue weighted by atomic mass is 35.5. The van der Waals surface area contributed by atoms with Crippen LogP contribution in [0, 0.1) is 0 Å². The summed E-state index contributed by atoms with van der Waals surface area (Å²) >= 11 is 12.1. The van der Waals surface area contributed by atoms with Crippen molar-refractivity contribution in [1.82, 2.24) is 0 Å². The molecule has 2 rings (SSSR count). The molecule has 1 N–H and O–H groups in total. The molecule has 0 aliphatic carbocycles. The lowest BCUT2D eigenvalue weighted by molar-refractivity contribution is 0.282. The molecule has 126 valence electrons. The van der Waals surface area contributed by atoms with Gasteiger partial charge >= 0.3 is 0 Å². The summed E-state index contributed by atoms with van der Waals surface area (Å²) in [7, 11) is 1.55. The van der Waals surface area contributed by atoms with E-state index in [9.17, 15) is 0 Å². The summed E-state index contributed by atoms with van der Waals surface area (Å²) in [5.41, 5.74) is 2.38. The van der Waals surface area contributed by atoms with E-state index >= 15 is 0 Å². The number of hydrogen-bond donors (Lipinski definition) is 1. The molecule has 0 aliphatic heterocycles. The minimum Gasteiger partial charge on any atom is -0.493 e. The molecule has 24 heavy (non-hydrogen) atoms. The molecule has 0 bridgehead atoms. The molecule has 6 heteroatoms. The first-order chi connectivity index (χ1) is 11.6. The molecule has 0 radical (unpaired) electrons. The molecule has 0 saturated carbocycles. The van der Waals surface area contributed by atoms with Crippen LogP contribution in [0.1, 0.15) is 16.7 Å². The lowest BCUT2D eigenvalue weighted by Crippen LogP contribution is -2.03. The summed E-state index contributed by atoms with van der Waals surface area (Å²) in [6.45, 7) is 4.02. The smallest absolute Gasteiger partial charge is 0.165 e. The van der Waals surface area contributed by atoms with Gasteiger partial charge in [-0.15, -0.1) is 6.58 Å². The maximum Gasteiger partial charge on any atom is 0.165 e. The van der Waals surface area contributed by atoms with E-state index in [4.69, 9.17) is 37.9 Å². The van der Waals surface area contributed by atoms with Crippen LogP contribution in [-0.4, -0.2) is 18.5 Å². The maximum atomic E-state index is 8.73. The van der Waals surface area contributed by atoms with Crippen molar-refractivity contribution in [3.8, 4) is 11.5 Å². The number of benzene rings is 2. The van der Waals surface area contributed by atoms with Crippen LogP contribution in [0.4, 0.5) is 0 Å². The lowest BCUT2D eigenvalue weighted by atomic mass is 10.1. The molecule has 4 nitrogen and oxygen atoms in total. The Hall–Kier alpha value is -2.17. The quantitative estimate of drug-likeness (QED) is 0.320. The second-order valence-corrected chi connectivity index (χ2v) is 5.82. The van der Waals surface area contributed by atoms with Crippen molar-refractivity contribution in [2.45, 2.75) is 13.0 Å². The molecule has 0 fully saturated rings. The summed E-state index contributed by atoms with van der Waals surface area (Å²) in [4.78, 5) is 0. The van der Waals surface area contributed by atoms with Gasteiger partial charge in [0.25, 0.3) is 0 Å². The molecule has 0 aromatic heterocycles. The van der Waals surface area contributed by atoms with Gasteiger partial charge in [0, 0.05) is 26.7 Å². The molecule has 0 heterocycles. The van der Waals surface area contributed by atoms with Gasteiger partial charge in [0.1, 0.15) is 6.61 Å². The Labute approximate surface area is 150 Å². The van der Waals surface area contributed by atoms with Crippen molar-refractivity contribution in [3.05, 3.63) is 69.7 Å². The molecular weight excluding hydrogens is 349 g/mol. The third kappa shape index (κ3) is 4.43. The van der Waals surface area contributed by atoms with E-state index in [1.54, 1.807) is 31.4 Å². The Balaban J connectivity index is 2.34. The first kappa shape index (κ1) is 18.2. The monoisotopic (exact) mass is 365 g/mol. The van der Waals surface area contributed by atoms with E-state index in [0.717, 1.165) is 11.1 Å². The Bertz CT molecular complexity index is 760.